The molecule has 0 aliphatic carbocycles. The topological polar surface area (TPSA) is 60.2 Å². The highest BCUT2D eigenvalue weighted by atomic mass is 79.9. The Morgan fingerprint density at radius 3 is 2.19 bits per heavy atom. The number of rotatable bonds is 6. The summed E-state index contributed by atoms with van der Waals surface area (Å²) in [5, 5.41) is 0. The lowest BCUT2D eigenvalue weighted by Crippen LogP contribution is -2.09. The summed E-state index contributed by atoms with van der Waals surface area (Å²) in [6, 6.07) is 14.6. The molecule has 0 aromatic heterocycles. The molecule has 0 aliphatic heterocycles. The lowest BCUT2D eigenvalue weighted by atomic mass is 10.2. The van der Waals surface area contributed by atoms with Crippen LogP contribution < -0.4 is 5.73 Å². The van der Waals surface area contributed by atoms with Gasteiger partial charge in [-0.25, -0.2) is 8.42 Å². The molecule has 0 radical (unpaired) electrons. The molecule has 0 fully saturated rings. The van der Waals surface area contributed by atoms with E-state index in [1.165, 1.54) is 11.8 Å². The first-order valence-corrected chi connectivity index (χ1v) is 9.84. The van der Waals surface area contributed by atoms with Crippen molar-refractivity contribution < 1.29 is 8.42 Å². The number of hydrogen-bond acceptors (Lipinski definition) is 4. The largest absolute Gasteiger partial charge is 0.326 e. The number of nitrogens with two attached hydrogens (primary N) is 1. The van der Waals surface area contributed by atoms with Gasteiger partial charge in [-0.1, -0.05) is 28.1 Å². The van der Waals surface area contributed by atoms with E-state index in [0.717, 1.165) is 14.9 Å². The van der Waals surface area contributed by atoms with Gasteiger partial charge in [-0.15, -0.1) is 11.8 Å². The van der Waals surface area contributed by atoms with Gasteiger partial charge in [0.25, 0.3) is 0 Å². The summed E-state index contributed by atoms with van der Waals surface area (Å²) in [5.74, 6) is 0.651. The first kappa shape index (κ1) is 16.5. The van der Waals surface area contributed by atoms with Crippen molar-refractivity contribution >= 4 is 37.5 Å². The molecule has 2 rings (SSSR count). The Labute approximate surface area is 138 Å². The molecule has 0 amide bonds. The summed E-state index contributed by atoms with van der Waals surface area (Å²) >= 11 is 4.91. The van der Waals surface area contributed by atoms with Crippen LogP contribution in [0.25, 0.3) is 0 Å². The summed E-state index contributed by atoms with van der Waals surface area (Å²) in [4.78, 5) is 1.42. The zero-order chi connectivity index (χ0) is 15.3. The second kappa shape index (κ2) is 7.45. The molecule has 21 heavy (non-hydrogen) atoms. The Morgan fingerprint density at radius 2 is 1.62 bits per heavy atom. The van der Waals surface area contributed by atoms with E-state index >= 15 is 0 Å². The highest BCUT2D eigenvalue weighted by Crippen LogP contribution is 2.22. The second-order valence-electron chi connectivity index (χ2n) is 4.47. The zero-order valence-corrected chi connectivity index (χ0v) is 14.5. The lowest BCUT2D eigenvalue weighted by Gasteiger charge is -2.06. The van der Waals surface area contributed by atoms with Gasteiger partial charge in [0.2, 0.25) is 0 Å². The monoisotopic (exact) mass is 385 g/mol. The Bertz CT molecular complexity index is 683. The van der Waals surface area contributed by atoms with E-state index in [1.807, 2.05) is 24.3 Å². The van der Waals surface area contributed by atoms with Gasteiger partial charge < -0.3 is 5.73 Å². The molecular weight excluding hydrogens is 370 g/mol. The molecule has 0 heterocycles. The normalized spacial score (nSPS) is 11.5. The summed E-state index contributed by atoms with van der Waals surface area (Å²) in [6.45, 7) is 0.416. The Kier molecular flexibility index (Phi) is 5.87. The van der Waals surface area contributed by atoms with E-state index in [4.69, 9.17) is 5.73 Å². The molecule has 0 aliphatic rings. The number of hydrogen-bond donors (Lipinski definition) is 1. The van der Waals surface area contributed by atoms with Gasteiger partial charge in [0.15, 0.2) is 9.84 Å². The summed E-state index contributed by atoms with van der Waals surface area (Å²) in [7, 11) is -3.23. The molecule has 0 unspecified atom stereocenters. The molecule has 2 aromatic carbocycles. The lowest BCUT2D eigenvalue weighted by molar-refractivity contribution is 0.597. The fourth-order valence-electron chi connectivity index (χ4n) is 1.75. The van der Waals surface area contributed by atoms with E-state index in [0.29, 0.717) is 17.2 Å². The standard InChI is InChI=1S/C15H16BrNO2S2/c16-13-3-5-14(6-4-13)20-9-10-21(18,19)15-7-1-12(11-17)2-8-15/h1-8H,9-11,17H2. The molecule has 112 valence electrons. The predicted molar refractivity (Wildman–Crippen MR) is 91.3 cm³/mol. The fourth-order valence-corrected chi connectivity index (χ4v) is 4.58. The second-order valence-corrected chi connectivity index (χ2v) is 8.66. The third-order valence-electron chi connectivity index (χ3n) is 2.95. The predicted octanol–water partition coefficient (Wildman–Crippen LogP) is 3.47. The quantitative estimate of drug-likeness (QED) is 0.773. The van der Waals surface area contributed by atoms with Crippen molar-refractivity contribution in [3.05, 3.63) is 58.6 Å². The number of sulfone groups is 1. The SMILES string of the molecule is NCc1ccc(S(=O)(=O)CCSc2ccc(Br)cc2)cc1. The van der Waals surface area contributed by atoms with Crippen molar-refractivity contribution in [2.24, 2.45) is 5.73 Å². The van der Waals surface area contributed by atoms with Crippen molar-refractivity contribution in [1.29, 1.82) is 0 Å². The number of benzene rings is 2. The van der Waals surface area contributed by atoms with Crippen LogP contribution in [-0.4, -0.2) is 19.9 Å². The van der Waals surface area contributed by atoms with Gasteiger partial charge >= 0.3 is 0 Å². The minimum Gasteiger partial charge on any atom is -0.326 e. The van der Waals surface area contributed by atoms with Crippen LogP contribution in [-0.2, 0) is 16.4 Å². The van der Waals surface area contributed by atoms with Crippen LogP contribution >= 0.6 is 27.7 Å². The Morgan fingerprint density at radius 1 is 1.00 bits per heavy atom. The highest BCUT2D eigenvalue weighted by Gasteiger charge is 2.14. The molecule has 6 heteroatoms. The first-order valence-electron chi connectivity index (χ1n) is 6.41. The van der Waals surface area contributed by atoms with Crippen molar-refractivity contribution in [2.45, 2.75) is 16.3 Å². The average Bonchev–Trinajstić information content (AvgIpc) is 2.49. The molecule has 2 aromatic rings. The maximum atomic E-state index is 12.2. The van der Waals surface area contributed by atoms with Crippen LogP contribution in [0.3, 0.4) is 0 Å². The summed E-state index contributed by atoms with van der Waals surface area (Å²) in [5.41, 5.74) is 6.44. The van der Waals surface area contributed by atoms with Crippen LogP contribution in [0.4, 0.5) is 0 Å². The minimum atomic E-state index is -3.23. The van der Waals surface area contributed by atoms with Crippen LogP contribution in [0, 0.1) is 0 Å². The van der Waals surface area contributed by atoms with Crippen LogP contribution in [0.2, 0.25) is 0 Å². The first-order chi connectivity index (χ1) is 10.0. The third-order valence-corrected chi connectivity index (χ3v) is 6.49. The number of thioether (sulfide) groups is 1. The maximum Gasteiger partial charge on any atom is 0.179 e. The molecule has 0 saturated carbocycles. The fraction of sp³-hybridized carbons (Fsp3) is 0.200. The van der Waals surface area contributed by atoms with Gasteiger partial charge in [-0.3, -0.25) is 0 Å². The molecule has 2 N–H and O–H groups in total. The van der Waals surface area contributed by atoms with Crippen molar-refractivity contribution in [3.63, 3.8) is 0 Å². The van der Waals surface area contributed by atoms with Gasteiger partial charge in [0.05, 0.1) is 10.6 Å². The van der Waals surface area contributed by atoms with Gasteiger partial charge in [0.1, 0.15) is 0 Å². The van der Waals surface area contributed by atoms with E-state index in [9.17, 15) is 8.42 Å². The maximum absolute atomic E-state index is 12.2. The van der Waals surface area contributed by atoms with E-state index in [1.54, 1.807) is 24.3 Å². The summed E-state index contributed by atoms with van der Waals surface area (Å²) in [6.07, 6.45) is 0. The van der Waals surface area contributed by atoms with Gasteiger partial charge in [-0.05, 0) is 42.0 Å². The molecule has 0 spiro atoms. The van der Waals surface area contributed by atoms with E-state index in [-0.39, 0.29) is 5.75 Å². The minimum absolute atomic E-state index is 0.121. The van der Waals surface area contributed by atoms with Crippen LogP contribution in [0.15, 0.2) is 62.8 Å². The molecule has 0 bridgehead atoms. The van der Waals surface area contributed by atoms with Crippen LogP contribution in [0.1, 0.15) is 5.56 Å². The summed E-state index contributed by atoms with van der Waals surface area (Å²) < 4.78 is 25.5. The highest BCUT2D eigenvalue weighted by molar-refractivity contribution is 9.10. The molecule has 0 atom stereocenters. The zero-order valence-electron chi connectivity index (χ0n) is 11.3. The van der Waals surface area contributed by atoms with Crippen molar-refractivity contribution in [3.8, 4) is 0 Å². The molecule has 3 nitrogen and oxygen atoms in total. The van der Waals surface area contributed by atoms with Crippen LogP contribution in [0.5, 0.6) is 0 Å². The smallest absolute Gasteiger partial charge is 0.179 e. The Balaban J connectivity index is 1.95. The molecular formula is C15H16BrNO2S2. The van der Waals surface area contributed by atoms with E-state index < -0.39 is 9.84 Å². The van der Waals surface area contributed by atoms with Gasteiger partial charge in [-0.2, -0.15) is 0 Å². The Hall–Kier alpha value is -0.820. The molecule has 0 saturated heterocycles. The number of halogens is 1. The average molecular weight is 386 g/mol. The van der Waals surface area contributed by atoms with Crippen molar-refractivity contribution in [2.75, 3.05) is 11.5 Å². The third kappa shape index (κ3) is 4.85. The van der Waals surface area contributed by atoms with Crippen molar-refractivity contribution in [1.82, 2.24) is 0 Å². The van der Waals surface area contributed by atoms with Gasteiger partial charge in [0, 0.05) is 21.7 Å². The van der Waals surface area contributed by atoms with E-state index in [2.05, 4.69) is 15.9 Å².